The highest BCUT2D eigenvalue weighted by Crippen LogP contribution is 2.18. The first kappa shape index (κ1) is 11.7. The van der Waals surface area contributed by atoms with Gasteiger partial charge in [-0.05, 0) is 35.2 Å². The zero-order valence-electron chi connectivity index (χ0n) is 8.14. The summed E-state index contributed by atoms with van der Waals surface area (Å²) < 4.78 is 21.7. The molecule has 1 rings (SSSR count). The number of rotatable bonds is 5. The summed E-state index contributed by atoms with van der Waals surface area (Å²) in [7, 11) is -2.84. The molecular weight excluding hydrogens is 218 g/mol. The molecule has 1 atom stereocenters. The van der Waals surface area contributed by atoms with E-state index in [-0.39, 0.29) is 11.8 Å². The van der Waals surface area contributed by atoms with Gasteiger partial charge in [-0.1, -0.05) is 0 Å². The third kappa shape index (κ3) is 4.21. The molecule has 0 amide bonds. The molecule has 0 aliphatic carbocycles. The molecule has 5 heteroatoms. The van der Waals surface area contributed by atoms with E-state index in [1.54, 1.807) is 11.3 Å². The van der Waals surface area contributed by atoms with Gasteiger partial charge in [0.15, 0.2) is 0 Å². The quantitative estimate of drug-likeness (QED) is 0.840. The van der Waals surface area contributed by atoms with Crippen LogP contribution in [-0.2, 0) is 9.84 Å². The summed E-state index contributed by atoms with van der Waals surface area (Å²) in [6.07, 6.45) is 2.61. The Bertz CT molecular complexity index is 356. The molecule has 80 valence electrons. The fraction of sp³-hybridized carbons (Fsp3) is 0.556. The average Bonchev–Trinajstić information content (AvgIpc) is 2.53. The molecule has 0 aliphatic heterocycles. The highest BCUT2D eigenvalue weighted by atomic mass is 32.2. The Balaban J connectivity index is 2.33. The summed E-state index contributed by atoms with van der Waals surface area (Å²) >= 11 is 1.61. The Morgan fingerprint density at radius 1 is 1.57 bits per heavy atom. The Kier molecular flexibility index (Phi) is 4.10. The zero-order chi connectivity index (χ0) is 10.6. The largest absolute Gasteiger partial charge is 0.324 e. The van der Waals surface area contributed by atoms with Crippen molar-refractivity contribution in [1.29, 1.82) is 0 Å². The van der Waals surface area contributed by atoms with Crippen molar-refractivity contribution < 1.29 is 8.42 Å². The lowest BCUT2D eigenvalue weighted by Crippen LogP contribution is -2.11. The van der Waals surface area contributed by atoms with Crippen molar-refractivity contribution in [1.82, 2.24) is 0 Å². The van der Waals surface area contributed by atoms with Gasteiger partial charge in [0.25, 0.3) is 0 Å². The van der Waals surface area contributed by atoms with Crippen molar-refractivity contribution in [2.24, 2.45) is 5.73 Å². The molecule has 0 saturated carbocycles. The van der Waals surface area contributed by atoms with Gasteiger partial charge in [0.2, 0.25) is 0 Å². The molecular formula is C9H15NO2S2. The third-order valence-corrected chi connectivity index (χ3v) is 3.73. The van der Waals surface area contributed by atoms with Gasteiger partial charge in [0.1, 0.15) is 9.84 Å². The average molecular weight is 233 g/mol. The van der Waals surface area contributed by atoms with Crippen LogP contribution >= 0.6 is 11.3 Å². The zero-order valence-corrected chi connectivity index (χ0v) is 9.77. The van der Waals surface area contributed by atoms with Crippen LogP contribution in [0.2, 0.25) is 0 Å². The second-order valence-corrected chi connectivity index (χ2v) is 6.48. The standard InChI is InChI=1S/C9H15NO2S2/c1-14(11,12)6-2-3-9(10)8-4-5-13-7-8/h4-5,7,9H,2-3,6,10H2,1H3. The third-order valence-electron chi connectivity index (χ3n) is 2.00. The van der Waals surface area contributed by atoms with Crippen molar-refractivity contribution in [3.05, 3.63) is 22.4 Å². The maximum Gasteiger partial charge on any atom is 0.147 e. The van der Waals surface area contributed by atoms with E-state index in [1.807, 2.05) is 16.8 Å². The number of nitrogens with two attached hydrogens (primary N) is 1. The number of thiophene rings is 1. The highest BCUT2D eigenvalue weighted by Gasteiger charge is 2.08. The molecule has 3 nitrogen and oxygen atoms in total. The fourth-order valence-electron chi connectivity index (χ4n) is 1.22. The van der Waals surface area contributed by atoms with Gasteiger partial charge in [-0.2, -0.15) is 11.3 Å². The Morgan fingerprint density at radius 3 is 2.79 bits per heavy atom. The van der Waals surface area contributed by atoms with E-state index in [4.69, 9.17) is 5.73 Å². The van der Waals surface area contributed by atoms with Gasteiger partial charge >= 0.3 is 0 Å². The summed E-state index contributed by atoms with van der Waals surface area (Å²) in [4.78, 5) is 0. The van der Waals surface area contributed by atoms with Crippen LogP contribution in [0, 0.1) is 0 Å². The fourth-order valence-corrected chi connectivity index (χ4v) is 2.63. The molecule has 1 unspecified atom stereocenters. The Labute approximate surface area is 88.9 Å². The molecule has 1 heterocycles. The highest BCUT2D eigenvalue weighted by molar-refractivity contribution is 7.90. The first-order valence-electron chi connectivity index (χ1n) is 4.44. The molecule has 0 aliphatic rings. The summed E-state index contributed by atoms with van der Waals surface area (Å²) in [5, 5.41) is 3.98. The topological polar surface area (TPSA) is 60.2 Å². The van der Waals surface area contributed by atoms with Crippen molar-refractivity contribution in [2.75, 3.05) is 12.0 Å². The Hall–Kier alpha value is -0.390. The molecule has 0 spiro atoms. The molecule has 0 radical (unpaired) electrons. The molecule has 1 aromatic heterocycles. The molecule has 1 aromatic rings. The molecule has 0 aromatic carbocycles. The second kappa shape index (κ2) is 4.91. The number of hydrogen-bond acceptors (Lipinski definition) is 4. The Morgan fingerprint density at radius 2 is 2.29 bits per heavy atom. The van der Waals surface area contributed by atoms with Crippen LogP contribution in [0.5, 0.6) is 0 Å². The molecule has 0 saturated heterocycles. The van der Waals surface area contributed by atoms with Gasteiger partial charge in [0.05, 0.1) is 0 Å². The predicted molar refractivity (Wildman–Crippen MR) is 60.2 cm³/mol. The number of hydrogen-bond donors (Lipinski definition) is 1. The van der Waals surface area contributed by atoms with E-state index in [9.17, 15) is 8.42 Å². The van der Waals surface area contributed by atoms with E-state index in [2.05, 4.69) is 0 Å². The van der Waals surface area contributed by atoms with Crippen LogP contribution in [-0.4, -0.2) is 20.4 Å². The van der Waals surface area contributed by atoms with Crippen LogP contribution in [0.1, 0.15) is 24.4 Å². The minimum absolute atomic E-state index is 0.0250. The SMILES string of the molecule is CS(=O)(=O)CCCC(N)c1ccsc1. The molecule has 14 heavy (non-hydrogen) atoms. The monoisotopic (exact) mass is 233 g/mol. The lowest BCUT2D eigenvalue weighted by molar-refractivity contribution is 0.588. The van der Waals surface area contributed by atoms with Gasteiger partial charge in [0, 0.05) is 18.1 Å². The van der Waals surface area contributed by atoms with Gasteiger partial charge in [-0.15, -0.1) is 0 Å². The first-order valence-corrected chi connectivity index (χ1v) is 7.45. The molecule has 2 N–H and O–H groups in total. The minimum Gasteiger partial charge on any atom is -0.324 e. The van der Waals surface area contributed by atoms with E-state index in [0.717, 1.165) is 12.0 Å². The van der Waals surface area contributed by atoms with Crippen molar-refractivity contribution in [3.63, 3.8) is 0 Å². The number of sulfone groups is 1. The van der Waals surface area contributed by atoms with Crippen molar-refractivity contribution in [3.8, 4) is 0 Å². The smallest absolute Gasteiger partial charge is 0.147 e. The van der Waals surface area contributed by atoms with E-state index >= 15 is 0 Å². The minimum atomic E-state index is -2.84. The predicted octanol–water partition coefficient (Wildman–Crippen LogP) is 1.57. The van der Waals surface area contributed by atoms with Crippen LogP contribution in [0.3, 0.4) is 0 Å². The summed E-state index contributed by atoms with van der Waals surface area (Å²) in [6.45, 7) is 0. The van der Waals surface area contributed by atoms with Crippen LogP contribution < -0.4 is 5.73 Å². The van der Waals surface area contributed by atoms with Crippen molar-refractivity contribution in [2.45, 2.75) is 18.9 Å². The second-order valence-electron chi connectivity index (χ2n) is 3.44. The van der Waals surface area contributed by atoms with Gasteiger partial charge < -0.3 is 5.73 Å². The lowest BCUT2D eigenvalue weighted by atomic mass is 10.1. The summed E-state index contributed by atoms with van der Waals surface area (Å²) in [5.41, 5.74) is 6.98. The van der Waals surface area contributed by atoms with Gasteiger partial charge in [-0.25, -0.2) is 8.42 Å². The molecule has 0 bridgehead atoms. The maximum atomic E-state index is 10.9. The van der Waals surface area contributed by atoms with Crippen molar-refractivity contribution >= 4 is 21.2 Å². The lowest BCUT2D eigenvalue weighted by Gasteiger charge is -2.08. The van der Waals surface area contributed by atoms with Gasteiger partial charge in [-0.3, -0.25) is 0 Å². The van der Waals surface area contributed by atoms with E-state index in [1.165, 1.54) is 6.26 Å². The summed E-state index contributed by atoms with van der Waals surface area (Å²) in [5.74, 6) is 0.227. The maximum absolute atomic E-state index is 10.9. The molecule has 0 fully saturated rings. The summed E-state index contributed by atoms with van der Waals surface area (Å²) in [6, 6.07) is 1.96. The van der Waals surface area contributed by atoms with E-state index in [0.29, 0.717) is 6.42 Å². The normalized spacial score (nSPS) is 14.1. The van der Waals surface area contributed by atoms with Crippen LogP contribution in [0.25, 0.3) is 0 Å². The van der Waals surface area contributed by atoms with Crippen LogP contribution in [0.15, 0.2) is 16.8 Å². The first-order chi connectivity index (χ1) is 6.49. The van der Waals surface area contributed by atoms with Crippen LogP contribution in [0.4, 0.5) is 0 Å². The van der Waals surface area contributed by atoms with E-state index < -0.39 is 9.84 Å².